The van der Waals surface area contributed by atoms with Gasteiger partial charge < -0.3 is 15.7 Å². The maximum Gasteiger partial charge on any atom is 0.313 e. The topological polar surface area (TPSA) is 78.4 Å². The number of aliphatic hydroxyl groups is 1. The van der Waals surface area contributed by atoms with Crippen LogP contribution in [0.2, 0.25) is 5.02 Å². The predicted octanol–water partition coefficient (Wildman–Crippen LogP) is 2.08. The summed E-state index contributed by atoms with van der Waals surface area (Å²) in [6, 6.07) is 3.62. The SMILES string of the molecule is O=C(Nc1cc(Cl)ccc1F)C(=O)NC1CCC(CO)CC1. The lowest BCUT2D eigenvalue weighted by atomic mass is 9.86. The third-order valence-electron chi connectivity index (χ3n) is 3.82. The van der Waals surface area contributed by atoms with E-state index in [1.54, 1.807) is 0 Å². The predicted molar refractivity (Wildman–Crippen MR) is 81.0 cm³/mol. The smallest absolute Gasteiger partial charge is 0.313 e. The van der Waals surface area contributed by atoms with E-state index in [9.17, 15) is 14.0 Å². The number of carbonyl (C=O) groups excluding carboxylic acids is 2. The van der Waals surface area contributed by atoms with Crippen molar-refractivity contribution in [1.82, 2.24) is 5.32 Å². The van der Waals surface area contributed by atoms with Crippen LogP contribution < -0.4 is 10.6 Å². The number of amides is 2. The fourth-order valence-corrected chi connectivity index (χ4v) is 2.68. The molecule has 1 saturated carbocycles. The minimum atomic E-state index is -0.926. The van der Waals surface area contributed by atoms with Crippen LogP contribution in [-0.2, 0) is 9.59 Å². The van der Waals surface area contributed by atoms with Crippen LogP contribution in [0.4, 0.5) is 10.1 Å². The van der Waals surface area contributed by atoms with Crippen molar-refractivity contribution in [2.75, 3.05) is 11.9 Å². The number of anilines is 1. The molecule has 1 aliphatic rings. The standard InChI is InChI=1S/C15H18ClFN2O3/c16-10-3-6-12(17)13(7-10)19-15(22)14(21)18-11-4-1-9(8-20)2-5-11/h3,6-7,9,11,20H,1-2,4-5,8H2,(H,18,21)(H,19,22). The van der Waals surface area contributed by atoms with Crippen LogP contribution in [0.15, 0.2) is 18.2 Å². The van der Waals surface area contributed by atoms with Crippen molar-refractivity contribution in [2.24, 2.45) is 5.92 Å². The second-order valence-corrected chi connectivity index (χ2v) is 5.89. The molecule has 0 heterocycles. The minimum Gasteiger partial charge on any atom is -0.396 e. The third kappa shape index (κ3) is 4.42. The van der Waals surface area contributed by atoms with Gasteiger partial charge in [0.1, 0.15) is 5.82 Å². The van der Waals surface area contributed by atoms with E-state index in [0.29, 0.717) is 0 Å². The fourth-order valence-electron chi connectivity index (χ4n) is 2.51. The van der Waals surface area contributed by atoms with Crippen LogP contribution in [0.1, 0.15) is 25.7 Å². The number of hydrogen-bond donors (Lipinski definition) is 3. The summed E-state index contributed by atoms with van der Waals surface area (Å²) in [6.45, 7) is 0.148. The lowest BCUT2D eigenvalue weighted by Crippen LogP contribution is -2.43. The molecule has 3 N–H and O–H groups in total. The summed E-state index contributed by atoms with van der Waals surface area (Å²) < 4.78 is 13.5. The molecular weight excluding hydrogens is 311 g/mol. The maximum absolute atomic E-state index is 13.5. The molecule has 0 unspecified atom stereocenters. The van der Waals surface area contributed by atoms with Gasteiger partial charge in [-0.3, -0.25) is 9.59 Å². The number of carbonyl (C=O) groups is 2. The van der Waals surface area contributed by atoms with Crippen LogP contribution in [-0.4, -0.2) is 29.6 Å². The average molecular weight is 329 g/mol. The summed E-state index contributed by atoms with van der Waals surface area (Å²) in [5.74, 6) is -2.12. The van der Waals surface area contributed by atoms with E-state index >= 15 is 0 Å². The van der Waals surface area contributed by atoms with E-state index in [0.717, 1.165) is 31.7 Å². The van der Waals surface area contributed by atoms with Crippen LogP contribution in [0.25, 0.3) is 0 Å². The molecule has 1 fully saturated rings. The molecular formula is C15H18ClFN2O3. The second kappa shape index (κ2) is 7.56. The minimum absolute atomic E-state index is 0.0924. The Morgan fingerprint density at radius 1 is 1.23 bits per heavy atom. The molecule has 0 aromatic heterocycles. The van der Waals surface area contributed by atoms with Gasteiger partial charge in [0.15, 0.2) is 0 Å². The Balaban J connectivity index is 1.87. The van der Waals surface area contributed by atoms with Crippen molar-refractivity contribution < 1.29 is 19.1 Å². The Kier molecular flexibility index (Phi) is 5.74. The number of benzene rings is 1. The van der Waals surface area contributed by atoms with Gasteiger partial charge in [-0.15, -0.1) is 0 Å². The maximum atomic E-state index is 13.5. The molecule has 5 nitrogen and oxygen atoms in total. The summed E-state index contributed by atoms with van der Waals surface area (Å²) in [5.41, 5.74) is -0.128. The molecule has 22 heavy (non-hydrogen) atoms. The molecule has 2 amide bonds. The van der Waals surface area contributed by atoms with Gasteiger partial charge in [-0.25, -0.2) is 4.39 Å². The molecule has 2 rings (SSSR count). The Hall–Kier alpha value is -1.66. The van der Waals surface area contributed by atoms with Crippen molar-refractivity contribution in [2.45, 2.75) is 31.7 Å². The van der Waals surface area contributed by atoms with Crippen LogP contribution in [0.3, 0.4) is 0 Å². The van der Waals surface area contributed by atoms with Crippen LogP contribution in [0.5, 0.6) is 0 Å². The van der Waals surface area contributed by atoms with Gasteiger partial charge in [-0.05, 0) is 49.8 Å². The third-order valence-corrected chi connectivity index (χ3v) is 4.06. The highest BCUT2D eigenvalue weighted by atomic mass is 35.5. The molecule has 120 valence electrons. The van der Waals surface area contributed by atoms with Crippen molar-refractivity contribution in [3.05, 3.63) is 29.0 Å². The number of nitrogens with one attached hydrogen (secondary N) is 2. The van der Waals surface area contributed by atoms with E-state index < -0.39 is 17.6 Å². The molecule has 0 saturated heterocycles. The van der Waals surface area contributed by atoms with Gasteiger partial charge in [0.05, 0.1) is 5.69 Å². The highest BCUT2D eigenvalue weighted by Gasteiger charge is 2.24. The second-order valence-electron chi connectivity index (χ2n) is 5.45. The first-order valence-electron chi connectivity index (χ1n) is 7.17. The van der Waals surface area contributed by atoms with Gasteiger partial charge in [0.2, 0.25) is 0 Å². The van der Waals surface area contributed by atoms with Gasteiger partial charge in [-0.1, -0.05) is 11.6 Å². The van der Waals surface area contributed by atoms with E-state index in [1.165, 1.54) is 12.1 Å². The van der Waals surface area contributed by atoms with Gasteiger partial charge in [0.25, 0.3) is 0 Å². The zero-order valence-corrected chi connectivity index (χ0v) is 12.7. The first-order chi connectivity index (χ1) is 10.5. The molecule has 0 radical (unpaired) electrons. The van der Waals surface area contributed by atoms with Gasteiger partial charge >= 0.3 is 11.8 Å². The Morgan fingerprint density at radius 3 is 2.55 bits per heavy atom. The van der Waals surface area contributed by atoms with E-state index in [-0.39, 0.29) is 29.3 Å². The number of aliphatic hydroxyl groups excluding tert-OH is 1. The molecule has 0 atom stereocenters. The Labute approximate surface area is 132 Å². The first kappa shape index (κ1) is 16.7. The highest BCUT2D eigenvalue weighted by Crippen LogP contribution is 2.24. The van der Waals surface area contributed by atoms with Crippen molar-refractivity contribution >= 4 is 29.1 Å². The molecule has 0 bridgehead atoms. The zero-order chi connectivity index (χ0) is 16.1. The van der Waals surface area contributed by atoms with E-state index in [4.69, 9.17) is 16.7 Å². The molecule has 1 aromatic rings. The number of rotatable bonds is 3. The summed E-state index contributed by atoms with van der Waals surface area (Å²) in [6.07, 6.45) is 3.06. The van der Waals surface area contributed by atoms with Gasteiger partial charge in [0, 0.05) is 17.7 Å². The van der Waals surface area contributed by atoms with Gasteiger partial charge in [-0.2, -0.15) is 0 Å². The quantitative estimate of drug-likeness (QED) is 0.743. The fraction of sp³-hybridized carbons (Fsp3) is 0.467. The number of hydrogen-bond acceptors (Lipinski definition) is 3. The first-order valence-corrected chi connectivity index (χ1v) is 7.55. The summed E-state index contributed by atoms with van der Waals surface area (Å²) in [4.78, 5) is 23.6. The highest BCUT2D eigenvalue weighted by molar-refractivity contribution is 6.40. The van der Waals surface area contributed by atoms with E-state index in [1.807, 2.05) is 0 Å². The molecule has 7 heteroatoms. The molecule has 1 aromatic carbocycles. The molecule has 1 aliphatic carbocycles. The summed E-state index contributed by atoms with van der Waals surface area (Å²) in [5, 5.41) is 14.2. The van der Waals surface area contributed by atoms with Crippen LogP contribution >= 0.6 is 11.6 Å². The average Bonchev–Trinajstić information content (AvgIpc) is 2.51. The van der Waals surface area contributed by atoms with Crippen molar-refractivity contribution in [3.8, 4) is 0 Å². The molecule has 0 spiro atoms. The zero-order valence-electron chi connectivity index (χ0n) is 11.9. The Bertz CT molecular complexity index is 560. The van der Waals surface area contributed by atoms with Crippen molar-refractivity contribution in [3.63, 3.8) is 0 Å². The van der Waals surface area contributed by atoms with Crippen LogP contribution in [0, 0.1) is 11.7 Å². The summed E-state index contributed by atoms with van der Waals surface area (Å²) in [7, 11) is 0. The normalized spacial score (nSPS) is 21.2. The monoisotopic (exact) mass is 328 g/mol. The lowest BCUT2D eigenvalue weighted by molar-refractivity contribution is -0.136. The largest absolute Gasteiger partial charge is 0.396 e. The van der Waals surface area contributed by atoms with E-state index in [2.05, 4.69) is 10.6 Å². The lowest BCUT2D eigenvalue weighted by Gasteiger charge is -2.27. The summed E-state index contributed by atoms with van der Waals surface area (Å²) >= 11 is 5.72. The van der Waals surface area contributed by atoms with Crippen molar-refractivity contribution in [1.29, 1.82) is 0 Å². The molecule has 0 aliphatic heterocycles. The Morgan fingerprint density at radius 2 is 1.91 bits per heavy atom. The number of halogens is 2.